The minimum atomic E-state index is -2.55. The Hall–Kier alpha value is -2.10. The van der Waals surface area contributed by atoms with E-state index < -0.39 is 6.43 Å². The van der Waals surface area contributed by atoms with Gasteiger partial charge in [-0.15, -0.1) is 0 Å². The van der Waals surface area contributed by atoms with E-state index in [-0.39, 0.29) is 11.6 Å². The van der Waals surface area contributed by atoms with Crippen molar-refractivity contribution >= 4 is 11.4 Å². The topological polar surface area (TPSA) is 38.0 Å². The summed E-state index contributed by atoms with van der Waals surface area (Å²) in [5, 5.41) is 3.19. The summed E-state index contributed by atoms with van der Waals surface area (Å²) < 4.78 is 26.1. The normalized spacial score (nSPS) is 12.4. The van der Waals surface area contributed by atoms with E-state index in [4.69, 9.17) is 5.73 Å². The Bertz CT molecular complexity index is 556. The van der Waals surface area contributed by atoms with Gasteiger partial charge in [-0.1, -0.05) is 37.3 Å². The molecule has 0 aliphatic rings. The molecule has 0 amide bonds. The zero-order chi connectivity index (χ0) is 14.5. The molecule has 0 aromatic heterocycles. The molecule has 0 radical (unpaired) electrons. The molecule has 0 fully saturated rings. The molecule has 1 atom stereocenters. The first-order chi connectivity index (χ1) is 9.61. The van der Waals surface area contributed by atoms with E-state index in [1.54, 1.807) is 12.1 Å². The molecule has 2 aromatic carbocycles. The van der Waals surface area contributed by atoms with Gasteiger partial charge in [0.05, 0.1) is 6.04 Å². The molecule has 2 rings (SSSR count). The second kappa shape index (κ2) is 6.37. The predicted octanol–water partition coefficient (Wildman–Crippen LogP) is 4.77. The van der Waals surface area contributed by atoms with Crippen LogP contribution in [-0.2, 0) is 0 Å². The van der Waals surface area contributed by atoms with Gasteiger partial charge in [-0.25, -0.2) is 8.78 Å². The van der Waals surface area contributed by atoms with Gasteiger partial charge in [0, 0.05) is 16.9 Å². The Labute approximate surface area is 117 Å². The summed E-state index contributed by atoms with van der Waals surface area (Å²) in [4.78, 5) is 0. The van der Waals surface area contributed by atoms with Gasteiger partial charge in [0.1, 0.15) is 0 Å². The van der Waals surface area contributed by atoms with Crippen molar-refractivity contribution < 1.29 is 8.78 Å². The Morgan fingerprint density at radius 2 is 1.80 bits per heavy atom. The maximum atomic E-state index is 13.1. The van der Waals surface area contributed by atoms with Crippen LogP contribution < -0.4 is 11.1 Å². The second-order valence-corrected chi connectivity index (χ2v) is 4.66. The van der Waals surface area contributed by atoms with E-state index in [2.05, 4.69) is 5.32 Å². The molecule has 20 heavy (non-hydrogen) atoms. The van der Waals surface area contributed by atoms with Crippen LogP contribution in [-0.4, -0.2) is 0 Å². The zero-order valence-electron chi connectivity index (χ0n) is 11.3. The summed E-state index contributed by atoms with van der Waals surface area (Å²) in [6, 6.07) is 14.4. The van der Waals surface area contributed by atoms with Crippen molar-refractivity contribution in [3.05, 3.63) is 59.7 Å². The number of halogens is 2. The van der Waals surface area contributed by atoms with E-state index in [1.807, 2.05) is 37.3 Å². The number of alkyl halides is 2. The third kappa shape index (κ3) is 3.26. The molecule has 1 unspecified atom stereocenters. The fraction of sp³-hybridized carbons (Fsp3) is 0.250. The van der Waals surface area contributed by atoms with E-state index >= 15 is 0 Å². The molecular weight excluding hydrogens is 258 g/mol. The minimum absolute atomic E-state index is 0.00248. The molecule has 4 heteroatoms. The van der Waals surface area contributed by atoms with Gasteiger partial charge >= 0.3 is 0 Å². The summed E-state index contributed by atoms with van der Waals surface area (Å²) >= 11 is 0. The lowest BCUT2D eigenvalue weighted by Crippen LogP contribution is -2.11. The van der Waals surface area contributed by atoms with Crippen LogP contribution >= 0.6 is 0 Å². The van der Waals surface area contributed by atoms with Crippen molar-refractivity contribution in [3.63, 3.8) is 0 Å². The molecular formula is C16H18F2N2. The van der Waals surface area contributed by atoms with Crippen LogP contribution in [0.1, 0.15) is 36.9 Å². The van der Waals surface area contributed by atoms with Crippen molar-refractivity contribution in [1.82, 2.24) is 0 Å². The summed E-state index contributed by atoms with van der Waals surface area (Å²) in [7, 11) is 0. The molecule has 2 nitrogen and oxygen atoms in total. The van der Waals surface area contributed by atoms with E-state index in [9.17, 15) is 8.78 Å². The first-order valence-electron chi connectivity index (χ1n) is 6.61. The molecule has 0 spiro atoms. The van der Waals surface area contributed by atoms with Crippen molar-refractivity contribution in [2.75, 3.05) is 11.1 Å². The van der Waals surface area contributed by atoms with Gasteiger partial charge in [-0.05, 0) is 30.2 Å². The number of nitrogens with one attached hydrogen (secondary N) is 1. The smallest absolute Gasteiger partial charge is 0.265 e. The van der Waals surface area contributed by atoms with Crippen LogP contribution in [0.3, 0.4) is 0 Å². The van der Waals surface area contributed by atoms with Gasteiger partial charge in [0.25, 0.3) is 6.43 Å². The number of hydrogen-bond donors (Lipinski definition) is 2. The summed E-state index contributed by atoms with van der Waals surface area (Å²) in [6.45, 7) is 2.02. The van der Waals surface area contributed by atoms with Gasteiger partial charge in [-0.3, -0.25) is 0 Å². The van der Waals surface area contributed by atoms with Crippen molar-refractivity contribution in [2.45, 2.75) is 25.8 Å². The lowest BCUT2D eigenvalue weighted by molar-refractivity contribution is 0.152. The van der Waals surface area contributed by atoms with Crippen LogP contribution in [0.4, 0.5) is 20.2 Å². The summed E-state index contributed by atoms with van der Waals surface area (Å²) in [6.07, 6.45) is -1.74. The van der Waals surface area contributed by atoms with Crippen LogP contribution in [0.15, 0.2) is 48.5 Å². The molecule has 3 N–H and O–H groups in total. The number of nitrogens with two attached hydrogens (primary N) is 1. The number of benzene rings is 2. The summed E-state index contributed by atoms with van der Waals surface area (Å²) in [5.41, 5.74) is 7.38. The predicted molar refractivity (Wildman–Crippen MR) is 78.9 cm³/mol. The third-order valence-corrected chi connectivity index (χ3v) is 3.25. The number of hydrogen-bond acceptors (Lipinski definition) is 2. The molecule has 2 aromatic rings. The largest absolute Gasteiger partial charge is 0.399 e. The van der Waals surface area contributed by atoms with Gasteiger partial charge < -0.3 is 11.1 Å². The SMILES string of the molecule is CCC(Nc1ccc(N)cc1C(F)F)c1ccccc1. The highest BCUT2D eigenvalue weighted by atomic mass is 19.3. The Morgan fingerprint density at radius 3 is 2.40 bits per heavy atom. The quantitative estimate of drug-likeness (QED) is 0.772. The van der Waals surface area contributed by atoms with Crippen molar-refractivity contribution in [1.29, 1.82) is 0 Å². The number of anilines is 2. The van der Waals surface area contributed by atoms with Gasteiger partial charge in [-0.2, -0.15) is 0 Å². The Balaban J connectivity index is 2.28. The van der Waals surface area contributed by atoms with Gasteiger partial charge in [0.15, 0.2) is 0 Å². The molecule has 0 saturated carbocycles. The minimum Gasteiger partial charge on any atom is -0.399 e. The standard InChI is InChI=1S/C16H18F2N2/c1-2-14(11-6-4-3-5-7-11)20-15-9-8-12(19)10-13(15)16(17)18/h3-10,14,16,20H,2,19H2,1H3. The molecule has 0 heterocycles. The molecule has 0 bridgehead atoms. The van der Waals surface area contributed by atoms with E-state index in [0.29, 0.717) is 11.4 Å². The number of nitrogen functional groups attached to an aromatic ring is 1. The van der Waals surface area contributed by atoms with Gasteiger partial charge in [0.2, 0.25) is 0 Å². The van der Waals surface area contributed by atoms with E-state index in [0.717, 1.165) is 12.0 Å². The molecule has 0 aliphatic carbocycles. The van der Waals surface area contributed by atoms with Crippen molar-refractivity contribution in [2.24, 2.45) is 0 Å². The molecule has 106 valence electrons. The monoisotopic (exact) mass is 276 g/mol. The average Bonchev–Trinajstić information content (AvgIpc) is 2.46. The van der Waals surface area contributed by atoms with Crippen LogP contribution in [0.2, 0.25) is 0 Å². The lowest BCUT2D eigenvalue weighted by atomic mass is 10.0. The highest BCUT2D eigenvalue weighted by Crippen LogP contribution is 2.32. The lowest BCUT2D eigenvalue weighted by Gasteiger charge is -2.21. The van der Waals surface area contributed by atoms with E-state index in [1.165, 1.54) is 6.07 Å². The molecule has 0 saturated heterocycles. The average molecular weight is 276 g/mol. The second-order valence-electron chi connectivity index (χ2n) is 4.66. The Morgan fingerprint density at radius 1 is 1.10 bits per heavy atom. The van der Waals surface area contributed by atoms with Crippen molar-refractivity contribution in [3.8, 4) is 0 Å². The highest BCUT2D eigenvalue weighted by molar-refractivity contribution is 5.59. The summed E-state index contributed by atoms with van der Waals surface area (Å²) in [5.74, 6) is 0. The first-order valence-corrected chi connectivity index (χ1v) is 6.61. The fourth-order valence-electron chi connectivity index (χ4n) is 2.19. The first kappa shape index (κ1) is 14.3. The van der Waals surface area contributed by atoms with Crippen LogP contribution in [0, 0.1) is 0 Å². The Kier molecular flexibility index (Phi) is 4.56. The maximum absolute atomic E-state index is 13.1. The van der Waals surface area contributed by atoms with Crippen LogP contribution in [0.25, 0.3) is 0 Å². The maximum Gasteiger partial charge on any atom is 0.265 e. The number of rotatable bonds is 5. The third-order valence-electron chi connectivity index (χ3n) is 3.25. The molecule has 0 aliphatic heterocycles. The zero-order valence-corrected chi connectivity index (χ0v) is 11.3. The highest BCUT2D eigenvalue weighted by Gasteiger charge is 2.16. The van der Waals surface area contributed by atoms with Crippen LogP contribution in [0.5, 0.6) is 0 Å². The fourth-order valence-corrected chi connectivity index (χ4v) is 2.19.